The first-order valence-electron chi connectivity index (χ1n) is 6.06. The van der Waals surface area contributed by atoms with Gasteiger partial charge in [0.1, 0.15) is 0 Å². The second kappa shape index (κ2) is 4.34. The first-order chi connectivity index (χ1) is 8.24. The Hall–Kier alpha value is -1.01. The summed E-state index contributed by atoms with van der Waals surface area (Å²) in [5.41, 5.74) is 6.47. The predicted molar refractivity (Wildman–Crippen MR) is 64.6 cm³/mol. The van der Waals surface area contributed by atoms with Crippen molar-refractivity contribution in [1.29, 1.82) is 0 Å². The minimum atomic E-state index is 0.0294. The number of rotatable bonds is 1. The van der Waals surface area contributed by atoms with Crippen LogP contribution in [0.5, 0.6) is 0 Å². The van der Waals surface area contributed by atoms with E-state index < -0.39 is 0 Å². The van der Waals surface area contributed by atoms with Crippen LogP contribution in [-0.4, -0.2) is 38.7 Å². The molecule has 17 heavy (non-hydrogen) atoms. The molecule has 0 spiro atoms. The standard InChI is InChI=1S/C11H16N4OS/c12-9-2-1-7-5-15(6-8(7)3-9)11(16)10-4-13-17-14-10/h4,7-9H,1-3,5-6,12H2/t7-,8+,9?/m1/s1. The summed E-state index contributed by atoms with van der Waals surface area (Å²) in [6.07, 6.45) is 4.87. The molecule has 92 valence electrons. The van der Waals surface area contributed by atoms with Crippen molar-refractivity contribution in [3.63, 3.8) is 0 Å². The molecule has 5 nitrogen and oxygen atoms in total. The summed E-state index contributed by atoms with van der Waals surface area (Å²) in [7, 11) is 0. The molecule has 1 amide bonds. The zero-order valence-electron chi connectivity index (χ0n) is 9.58. The number of hydrogen-bond acceptors (Lipinski definition) is 5. The maximum absolute atomic E-state index is 12.1. The Morgan fingerprint density at radius 3 is 3.00 bits per heavy atom. The van der Waals surface area contributed by atoms with Crippen LogP contribution in [0, 0.1) is 11.8 Å². The summed E-state index contributed by atoms with van der Waals surface area (Å²) < 4.78 is 7.89. The fraction of sp³-hybridized carbons (Fsp3) is 0.727. The van der Waals surface area contributed by atoms with Gasteiger partial charge < -0.3 is 10.6 Å². The van der Waals surface area contributed by atoms with Crippen molar-refractivity contribution in [1.82, 2.24) is 13.6 Å². The summed E-state index contributed by atoms with van der Waals surface area (Å²) in [4.78, 5) is 14.1. The maximum Gasteiger partial charge on any atom is 0.275 e. The van der Waals surface area contributed by atoms with Gasteiger partial charge in [-0.15, -0.1) is 0 Å². The van der Waals surface area contributed by atoms with Crippen LogP contribution in [0.25, 0.3) is 0 Å². The molecule has 2 heterocycles. The zero-order chi connectivity index (χ0) is 11.8. The van der Waals surface area contributed by atoms with Gasteiger partial charge in [-0.25, -0.2) is 0 Å². The highest BCUT2D eigenvalue weighted by Gasteiger charge is 2.39. The lowest BCUT2D eigenvalue weighted by molar-refractivity contribution is 0.0779. The molecule has 3 atom stereocenters. The van der Waals surface area contributed by atoms with E-state index in [9.17, 15) is 4.79 Å². The van der Waals surface area contributed by atoms with Crippen LogP contribution >= 0.6 is 11.7 Å². The van der Waals surface area contributed by atoms with Crippen molar-refractivity contribution in [2.75, 3.05) is 13.1 Å². The topological polar surface area (TPSA) is 72.1 Å². The van der Waals surface area contributed by atoms with Crippen molar-refractivity contribution < 1.29 is 4.79 Å². The van der Waals surface area contributed by atoms with Gasteiger partial charge in [0.05, 0.1) is 17.9 Å². The van der Waals surface area contributed by atoms with E-state index in [4.69, 9.17) is 5.73 Å². The van der Waals surface area contributed by atoms with Crippen LogP contribution < -0.4 is 5.73 Å². The molecule has 1 saturated heterocycles. The predicted octanol–water partition coefficient (Wildman–Crippen LogP) is 0.737. The lowest BCUT2D eigenvalue weighted by atomic mass is 9.79. The third-order valence-corrected chi connectivity index (χ3v) is 4.44. The fourth-order valence-corrected chi connectivity index (χ4v) is 3.46. The zero-order valence-corrected chi connectivity index (χ0v) is 10.4. The molecule has 0 aromatic carbocycles. The van der Waals surface area contributed by atoms with E-state index in [2.05, 4.69) is 8.75 Å². The number of fused-ring (bicyclic) bond motifs is 1. The van der Waals surface area contributed by atoms with Crippen LogP contribution in [0.4, 0.5) is 0 Å². The molecular weight excluding hydrogens is 236 g/mol. The lowest BCUT2D eigenvalue weighted by Crippen LogP contribution is -2.32. The normalized spacial score (nSPS) is 32.5. The molecule has 0 bridgehead atoms. The average molecular weight is 252 g/mol. The van der Waals surface area contributed by atoms with Crippen LogP contribution in [0.15, 0.2) is 6.20 Å². The minimum absolute atomic E-state index is 0.0294. The fourth-order valence-electron chi connectivity index (χ4n) is 3.05. The van der Waals surface area contributed by atoms with E-state index in [0.717, 1.165) is 44.1 Å². The van der Waals surface area contributed by atoms with Crippen molar-refractivity contribution in [2.45, 2.75) is 25.3 Å². The molecular formula is C11H16N4OS. The SMILES string of the molecule is NC1CC[C@@H]2CN(C(=O)c3cnsn3)C[C@@H]2C1. The Balaban J connectivity index is 1.69. The van der Waals surface area contributed by atoms with Gasteiger partial charge in [0.15, 0.2) is 5.69 Å². The molecule has 2 fully saturated rings. The van der Waals surface area contributed by atoms with Gasteiger partial charge >= 0.3 is 0 Å². The van der Waals surface area contributed by atoms with Crippen molar-refractivity contribution >= 4 is 17.6 Å². The summed E-state index contributed by atoms with van der Waals surface area (Å²) in [5, 5.41) is 0. The molecule has 2 N–H and O–H groups in total. The molecule has 3 rings (SSSR count). The molecule has 6 heteroatoms. The van der Waals surface area contributed by atoms with Gasteiger partial charge in [-0.1, -0.05) is 0 Å². The summed E-state index contributed by atoms with van der Waals surface area (Å²) in [6.45, 7) is 1.71. The van der Waals surface area contributed by atoms with E-state index in [-0.39, 0.29) is 5.91 Å². The number of nitrogens with two attached hydrogens (primary N) is 1. The Bertz CT molecular complexity index is 408. The third-order valence-electron chi connectivity index (χ3n) is 3.96. The highest BCUT2D eigenvalue weighted by atomic mass is 32.1. The smallest absolute Gasteiger partial charge is 0.275 e. The number of nitrogens with zero attached hydrogens (tertiary/aromatic N) is 3. The Labute approximate surface area is 104 Å². The van der Waals surface area contributed by atoms with Crippen molar-refractivity contribution in [3.8, 4) is 0 Å². The van der Waals surface area contributed by atoms with E-state index in [0.29, 0.717) is 23.6 Å². The van der Waals surface area contributed by atoms with Crippen molar-refractivity contribution in [2.24, 2.45) is 17.6 Å². The number of carbonyl (C=O) groups is 1. The maximum atomic E-state index is 12.1. The largest absolute Gasteiger partial charge is 0.337 e. The lowest BCUT2D eigenvalue weighted by Gasteiger charge is -2.27. The van der Waals surface area contributed by atoms with E-state index in [1.54, 1.807) is 6.20 Å². The van der Waals surface area contributed by atoms with Crippen LogP contribution in [0.3, 0.4) is 0 Å². The molecule has 1 saturated carbocycles. The summed E-state index contributed by atoms with van der Waals surface area (Å²) in [5.74, 6) is 1.27. The van der Waals surface area contributed by atoms with Crippen LogP contribution in [0.1, 0.15) is 29.8 Å². The van der Waals surface area contributed by atoms with Gasteiger partial charge in [-0.2, -0.15) is 8.75 Å². The van der Waals surface area contributed by atoms with Gasteiger partial charge in [-0.05, 0) is 31.1 Å². The third kappa shape index (κ3) is 2.07. The molecule has 2 aliphatic rings. The highest BCUT2D eigenvalue weighted by Crippen LogP contribution is 2.36. The number of likely N-dealkylation sites (tertiary alicyclic amines) is 1. The van der Waals surface area contributed by atoms with Gasteiger partial charge in [-0.3, -0.25) is 4.79 Å². The number of aromatic nitrogens is 2. The second-order valence-electron chi connectivity index (χ2n) is 5.10. The Kier molecular flexibility index (Phi) is 2.84. The molecule has 1 aliphatic carbocycles. The molecule has 1 unspecified atom stereocenters. The average Bonchev–Trinajstić information content (AvgIpc) is 2.96. The summed E-state index contributed by atoms with van der Waals surface area (Å²) in [6, 6.07) is 0.326. The Morgan fingerprint density at radius 1 is 1.41 bits per heavy atom. The second-order valence-corrected chi connectivity index (χ2v) is 5.65. The van der Waals surface area contributed by atoms with Gasteiger partial charge in [0.2, 0.25) is 0 Å². The van der Waals surface area contributed by atoms with Gasteiger partial charge in [0.25, 0.3) is 5.91 Å². The van der Waals surface area contributed by atoms with Crippen molar-refractivity contribution in [3.05, 3.63) is 11.9 Å². The van der Waals surface area contributed by atoms with Gasteiger partial charge in [0, 0.05) is 19.1 Å². The highest BCUT2D eigenvalue weighted by molar-refractivity contribution is 6.99. The van der Waals surface area contributed by atoms with Crippen LogP contribution in [0.2, 0.25) is 0 Å². The van der Waals surface area contributed by atoms with E-state index >= 15 is 0 Å². The molecule has 1 aliphatic heterocycles. The first-order valence-corrected chi connectivity index (χ1v) is 6.79. The van der Waals surface area contributed by atoms with E-state index in [1.165, 1.54) is 0 Å². The number of hydrogen-bond donors (Lipinski definition) is 1. The number of carbonyl (C=O) groups excluding carboxylic acids is 1. The van der Waals surface area contributed by atoms with Crippen LogP contribution in [-0.2, 0) is 0 Å². The first kappa shape index (κ1) is 11.1. The molecule has 1 aromatic rings. The summed E-state index contributed by atoms with van der Waals surface area (Å²) >= 11 is 1.09. The monoisotopic (exact) mass is 252 g/mol. The molecule has 0 radical (unpaired) electrons. The minimum Gasteiger partial charge on any atom is -0.337 e. The quantitative estimate of drug-likeness (QED) is 0.800. The molecule has 1 aromatic heterocycles. The van der Waals surface area contributed by atoms with E-state index in [1.807, 2.05) is 4.90 Å². The Morgan fingerprint density at radius 2 is 2.24 bits per heavy atom. The number of amides is 1.